The van der Waals surface area contributed by atoms with E-state index in [9.17, 15) is 0 Å². The molecule has 2 aromatic rings. The molecule has 1 N–H and O–H groups in total. The SMILES string of the molecule is CC.Cc1cc(Br)ccc1NC/C=C/c1ccccc1. The predicted octanol–water partition coefficient (Wildman–Crippen LogP) is 5.91. The van der Waals surface area contributed by atoms with Crippen molar-refractivity contribution in [1.29, 1.82) is 0 Å². The number of halogens is 1. The van der Waals surface area contributed by atoms with Crippen molar-refractivity contribution in [3.63, 3.8) is 0 Å². The summed E-state index contributed by atoms with van der Waals surface area (Å²) in [6, 6.07) is 16.6. The average molecular weight is 332 g/mol. The van der Waals surface area contributed by atoms with Gasteiger partial charge in [0.2, 0.25) is 0 Å². The summed E-state index contributed by atoms with van der Waals surface area (Å²) in [5.41, 5.74) is 3.65. The molecule has 2 aromatic carbocycles. The maximum Gasteiger partial charge on any atom is 0.0373 e. The van der Waals surface area contributed by atoms with Crippen LogP contribution in [0.3, 0.4) is 0 Å². The lowest BCUT2D eigenvalue weighted by Gasteiger charge is -2.07. The standard InChI is InChI=1S/C16H16BrN.C2H6/c1-13-12-15(17)9-10-16(13)18-11-5-8-14-6-3-2-4-7-14;1-2/h2-10,12,18H,11H2,1H3;1-2H3/b8-5+;. The van der Waals surface area contributed by atoms with E-state index in [2.05, 4.69) is 70.7 Å². The van der Waals surface area contributed by atoms with Gasteiger partial charge < -0.3 is 5.32 Å². The first kappa shape index (κ1) is 16.5. The van der Waals surface area contributed by atoms with Crippen LogP contribution in [0.25, 0.3) is 6.08 Å². The second kappa shape index (κ2) is 9.38. The van der Waals surface area contributed by atoms with Gasteiger partial charge in [0.15, 0.2) is 0 Å². The van der Waals surface area contributed by atoms with Gasteiger partial charge in [-0.1, -0.05) is 72.3 Å². The van der Waals surface area contributed by atoms with E-state index in [-0.39, 0.29) is 0 Å². The second-order valence-corrected chi connectivity index (χ2v) is 5.07. The Balaban J connectivity index is 0.000000956. The molecule has 0 aromatic heterocycles. The van der Waals surface area contributed by atoms with Crippen LogP contribution in [0.2, 0.25) is 0 Å². The number of anilines is 1. The molecule has 1 nitrogen and oxygen atoms in total. The Morgan fingerprint density at radius 1 is 1.05 bits per heavy atom. The molecule has 0 heterocycles. The van der Waals surface area contributed by atoms with Crippen molar-refractivity contribution in [1.82, 2.24) is 0 Å². The van der Waals surface area contributed by atoms with Crippen LogP contribution in [-0.4, -0.2) is 6.54 Å². The van der Waals surface area contributed by atoms with E-state index in [0.29, 0.717) is 0 Å². The van der Waals surface area contributed by atoms with E-state index in [4.69, 9.17) is 0 Å². The van der Waals surface area contributed by atoms with Gasteiger partial charge in [-0.2, -0.15) is 0 Å². The van der Waals surface area contributed by atoms with Crippen LogP contribution in [0.5, 0.6) is 0 Å². The molecular formula is C18H22BrN. The second-order valence-electron chi connectivity index (χ2n) is 4.15. The highest BCUT2D eigenvalue weighted by molar-refractivity contribution is 9.10. The first-order chi connectivity index (χ1) is 9.75. The van der Waals surface area contributed by atoms with Crippen molar-refractivity contribution in [2.24, 2.45) is 0 Å². The van der Waals surface area contributed by atoms with Crippen LogP contribution >= 0.6 is 15.9 Å². The van der Waals surface area contributed by atoms with Gasteiger partial charge in [0, 0.05) is 16.7 Å². The van der Waals surface area contributed by atoms with Crippen molar-refractivity contribution in [3.8, 4) is 0 Å². The first-order valence-electron chi connectivity index (χ1n) is 6.97. The molecule has 2 rings (SSSR count). The van der Waals surface area contributed by atoms with Crippen molar-refractivity contribution in [2.75, 3.05) is 11.9 Å². The molecule has 106 valence electrons. The van der Waals surface area contributed by atoms with Crippen molar-refractivity contribution < 1.29 is 0 Å². The molecule has 2 heteroatoms. The number of nitrogens with one attached hydrogen (secondary N) is 1. The molecule has 0 bridgehead atoms. The quantitative estimate of drug-likeness (QED) is 0.734. The minimum atomic E-state index is 0.831. The number of benzene rings is 2. The molecule has 0 aliphatic heterocycles. The fourth-order valence-corrected chi connectivity index (χ4v) is 2.23. The number of hydrogen-bond acceptors (Lipinski definition) is 1. The van der Waals surface area contributed by atoms with Gasteiger partial charge in [-0.05, 0) is 36.2 Å². The average Bonchev–Trinajstić information content (AvgIpc) is 2.48. The van der Waals surface area contributed by atoms with Crippen LogP contribution < -0.4 is 5.32 Å². The third-order valence-electron chi connectivity index (χ3n) is 2.71. The summed E-state index contributed by atoms with van der Waals surface area (Å²) in [6.45, 7) is 6.94. The Morgan fingerprint density at radius 3 is 2.40 bits per heavy atom. The predicted molar refractivity (Wildman–Crippen MR) is 94.2 cm³/mol. The highest BCUT2D eigenvalue weighted by atomic mass is 79.9. The summed E-state index contributed by atoms with van der Waals surface area (Å²) >= 11 is 3.47. The molecule has 0 atom stereocenters. The largest absolute Gasteiger partial charge is 0.381 e. The molecular weight excluding hydrogens is 310 g/mol. The van der Waals surface area contributed by atoms with E-state index in [1.165, 1.54) is 16.8 Å². The van der Waals surface area contributed by atoms with Gasteiger partial charge >= 0.3 is 0 Å². The lowest BCUT2D eigenvalue weighted by Crippen LogP contribution is -1.99. The van der Waals surface area contributed by atoms with E-state index in [0.717, 1.165) is 11.0 Å². The summed E-state index contributed by atoms with van der Waals surface area (Å²) in [7, 11) is 0. The molecule has 0 amide bonds. The van der Waals surface area contributed by atoms with Gasteiger partial charge in [0.25, 0.3) is 0 Å². The zero-order chi connectivity index (χ0) is 14.8. The topological polar surface area (TPSA) is 12.0 Å². The number of hydrogen-bond donors (Lipinski definition) is 1. The van der Waals surface area contributed by atoms with Crippen LogP contribution in [0.4, 0.5) is 5.69 Å². The van der Waals surface area contributed by atoms with Crippen LogP contribution in [-0.2, 0) is 0 Å². The molecule has 0 saturated carbocycles. The van der Waals surface area contributed by atoms with Gasteiger partial charge in [-0.25, -0.2) is 0 Å². The summed E-state index contributed by atoms with van der Waals surface area (Å²) in [4.78, 5) is 0. The maximum atomic E-state index is 3.47. The van der Waals surface area contributed by atoms with Crippen LogP contribution in [0.15, 0.2) is 59.1 Å². The minimum Gasteiger partial charge on any atom is -0.381 e. The minimum absolute atomic E-state index is 0.831. The summed E-state index contributed by atoms with van der Waals surface area (Å²) in [5.74, 6) is 0. The fourth-order valence-electron chi connectivity index (χ4n) is 1.75. The van der Waals surface area contributed by atoms with Gasteiger partial charge in [0.1, 0.15) is 0 Å². The summed E-state index contributed by atoms with van der Waals surface area (Å²) in [5, 5.41) is 3.40. The summed E-state index contributed by atoms with van der Waals surface area (Å²) < 4.78 is 1.12. The van der Waals surface area contributed by atoms with Gasteiger partial charge in [-0.15, -0.1) is 0 Å². The lowest BCUT2D eigenvalue weighted by atomic mass is 10.2. The Hall–Kier alpha value is -1.54. The molecule has 0 radical (unpaired) electrons. The zero-order valence-electron chi connectivity index (χ0n) is 12.4. The molecule has 0 fully saturated rings. The maximum absolute atomic E-state index is 3.47. The Kier molecular flexibility index (Phi) is 7.74. The van der Waals surface area contributed by atoms with Crippen LogP contribution in [0, 0.1) is 6.92 Å². The monoisotopic (exact) mass is 331 g/mol. The highest BCUT2D eigenvalue weighted by Crippen LogP contribution is 2.19. The van der Waals surface area contributed by atoms with E-state index < -0.39 is 0 Å². The molecule has 0 unspecified atom stereocenters. The van der Waals surface area contributed by atoms with Crippen molar-refractivity contribution in [3.05, 3.63) is 70.2 Å². The van der Waals surface area contributed by atoms with E-state index >= 15 is 0 Å². The summed E-state index contributed by atoms with van der Waals surface area (Å²) in [6.07, 6.45) is 4.26. The number of rotatable bonds is 4. The van der Waals surface area contributed by atoms with E-state index in [1.54, 1.807) is 0 Å². The molecule has 0 saturated heterocycles. The lowest BCUT2D eigenvalue weighted by molar-refractivity contribution is 1.30. The first-order valence-corrected chi connectivity index (χ1v) is 7.76. The molecule has 0 aliphatic rings. The van der Waals surface area contributed by atoms with Gasteiger partial charge in [-0.3, -0.25) is 0 Å². The Labute approximate surface area is 130 Å². The highest BCUT2D eigenvalue weighted by Gasteiger charge is 1.96. The van der Waals surface area contributed by atoms with E-state index in [1.807, 2.05) is 32.0 Å². The smallest absolute Gasteiger partial charge is 0.0373 e. The fraction of sp³-hybridized carbons (Fsp3) is 0.222. The third-order valence-corrected chi connectivity index (χ3v) is 3.20. The molecule has 0 spiro atoms. The molecule has 0 aliphatic carbocycles. The molecule has 20 heavy (non-hydrogen) atoms. The number of aryl methyl sites for hydroxylation is 1. The van der Waals surface area contributed by atoms with Crippen LogP contribution in [0.1, 0.15) is 25.0 Å². The van der Waals surface area contributed by atoms with Crippen molar-refractivity contribution >= 4 is 27.7 Å². The normalized spacial score (nSPS) is 10.0. The third kappa shape index (κ3) is 5.62. The van der Waals surface area contributed by atoms with Crippen molar-refractivity contribution in [2.45, 2.75) is 20.8 Å². The Morgan fingerprint density at radius 2 is 1.75 bits per heavy atom. The Bertz CT molecular complexity index is 532. The van der Waals surface area contributed by atoms with Gasteiger partial charge in [0.05, 0.1) is 0 Å². The zero-order valence-corrected chi connectivity index (χ0v) is 13.9.